The summed E-state index contributed by atoms with van der Waals surface area (Å²) in [4.78, 5) is 0.138. The van der Waals surface area contributed by atoms with E-state index in [1.807, 2.05) is 0 Å². The van der Waals surface area contributed by atoms with Crippen molar-refractivity contribution in [3.8, 4) is 5.75 Å². The van der Waals surface area contributed by atoms with Crippen molar-refractivity contribution < 1.29 is 13.2 Å². The van der Waals surface area contributed by atoms with Gasteiger partial charge in [-0.3, -0.25) is 4.72 Å². The number of hydrogen-bond acceptors (Lipinski definition) is 4. The number of benzene rings is 2. The summed E-state index contributed by atoms with van der Waals surface area (Å²) in [5.74, 6) is 0.510. The smallest absolute Gasteiger partial charge is 0.261 e. The standard InChI is InChI=1S/C14H15ClN2O3S/c1-20-11-4-7-13(15)14(8-11)17-21(18,19)12-5-2-10(9-16)3-6-12/h2-8,17H,9,16H2,1H3. The lowest BCUT2D eigenvalue weighted by molar-refractivity contribution is 0.415. The number of rotatable bonds is 5. The van der Waals surface area contributed by atoms with Crippen molar-refractivity contribution in [1.29, 1.82) is 0 Å². The lowest BCUT2D eigenvalue weighted by atomic mass is 10.2. The molecule has 2 aromatic rings. The molecule has 0 unspecified atom stereocenters. The number of ether oxygens (including phenoxy) is 1. The lowest BCUT2D eigenvalue weighted by Gasteiger charge is -2.11. The van der Waals surface area contributed by atoms with Crippen molar-refractivity contribution in [1.82, 2.24) is 0 Å². The van der Waals surface area contributed by atoms with Crippen LogP contribution in [0.25, 0.3) is 0 Å². The largest absolute Gasteiger partial charge is 0.497 e. The predicted octanol–water partition coefficient (Wildman–Crippen LogP) is 2.61. The molecule has 2 rings (SSSR count). The molecule has 0 saturated heterocycles. The zero-order chi connectivity index (χ0) is 15.5. The average Bonchev–Trinajstić information content (AvgIpc) is 2.49. The highest BCUT2D eigenvalue weighted by Gasteiger charge is 2.16. The number of nitrogens with one attached hydrogen (secondary N) is 1. The van der Waals surface area contributed by atoms with Crippen molar-refractivity contribution in [3.05, 3.63) is 53.1 Å². The minimum absolute atomic E-state index is 0.138. The molecule has 0 amide bonds. The van der Waals surface area contributed by atoms with E-state index >= 15 is 0 Å². The summed E-state index contributed by atoms with van der Waals surface area (Å²) in [6.07, 6.45) is 0. The zero-order valence-corrected chi connectivity index (χ0v) is 12.9. The second kappa shape index (κ2) is 6.34. The van der Waals surface area contributed by atoms with E-state index in [1.54, 1.807) is 24.3 Å². The highest BCUT2D eigenvalue weighted by Crippen LogP contribution is 2.28. The molecule has 0 aliphatic carbocycles. The first-order valence-corrected chi connectivity index (χ1v) is 7.98. The maximum atomic E-state index is 12.3. The molecule has 0 aliphatic rings. The molecule has 2 aromatic carbocycles. The van der Waals surface area contributed by atoms with E-state index in [0.717, 1.165) is 5.56 Å². The van der Waals surface area contributed by atoms with E-state index in [-0.39, 0.29) is 15.6 Å². The van der Waals surface area contributed by atoms with Gasteiger partial charge < -0.3 is 10.5 Å². The summed E-state index contributed by atoms with van der Waals surface area (Å²) in [5, 5.41) is 0.290. The van der Waals surface area contributed by atoms with E-state index in [4.69, 9.17) is 22.1 Å². The number of anilines is 1. The van der Waals surface area contributed by atoms with Gasteiger partial charge in [-0.05, 0) is 29.8 Å². The van der Waals surface area contributed by atoms with Crippen LogP contribution in [0.1, 0.15) is 5.56 Å². The van der Waals surface area contributed by atoms with E-state index < -0.39 is 10.0 Å². The van der Waals surface area contributed by atoms with Gasteiger partial charge in [0.25, 0.3) is 10.0 Å². The maximum Gasteiger partial charge on any atom is 0.261 e. The fourth-order valence-electron chi connectivity index (χ4n) is 1.72. The van der Waals surface area contributed by atoms with Crippen LogP contribution in [-0.4, -0.2) is 15.5 Å². The molecule has 0 atom stereocenters. The lowest BCUT2D eigenvalue weighted by Crippen LogP contribution is -2.13. The van der Waals surface area contributed by atoms with Crippen molar-refractivity contribution >= 4 is 27.3 Å². The van der Waals surface area contributed by atoms with Crippen molar-refractivity contribution in [2.75, 3.05) is 11.8 Å². The number of halogens is 1. The Morgan fingerprint density at radius 2 is 1.86 bits per heavy atom. The Bertz CT molecular complexity index is 730. The van der Waals surface area contributed by atoms with E-state index in [0.29, 0.717) is 12.3 Å². The number of nitrogens with two attached hydrogens (primary N) is 1. The summed E-state index contributed by atoms with van der Waals surface area (Å²) in [6, 6.07) is 11.1. The molecule has 21 heavy (non-hydrogen) atoms. The second-order valence-corrected chi connectivity index (χ2v) is 6.39. The third-order valence-electron chi connectivity index (χ3n) is 2.89. The van der Waals surface area contributed by atoms with Crippen LogP contribution in [0.3, 0.4) is 0 Å². The Balaban J connectivity index is 2.32. The second-order valence-electron chi connectivity index (χ2n) is 4.30. The minimum atomic E-state index is -3.72. The summed E-state index contributed by atoms with van der Waals surface area (Å²) in [6.45, 7) is 0.357. The van der Waals surface area contributed by atoms with Crippen molar-refractivity contribution in [3.63, 3.8) is 0 Å². The fourth-order valence-corrected chi connectivity index (χ4v) is 3.01. The van der Waals surface area contributed by atoms with Gasteiger partial charge in [-0.1, -0.05) is 23.7 Å². The molecule has 0 aromatic heterocycles. The summed E-state index contributed by atoms with van der Waals surface area (Å²) >= 11 is 6.00. The Morgan fingerprint density at radius 1 is 1.19 bits per heavy atom. The quantitative estimate of drug-likeness (QED) is 0.885. The van der Waals surface area contributed by atoms with Crippen LogP contribution in [0, 0.1) is 0 Å². The fraction of sp³-hybridized carbons (Fsp3) is 0.143. The Hall–Kier alpha value is -1.76. The Kier molecular flexibility index (Phi) is 4.72. The zero-order valence-electron chi connectivity index (χ0n) is 11.3. The predicted molar refractivity (Wildman–Crippen MR) is 83.1 cm³/mol. The highest BCUT2D eigenvalue weighted by atomic mass is 35.5. The Labute approximate surface area is 128 Å². The van der Waals surface area contributed by atoms with Gasteiger partial charge in [-0.2, -0.15) is 0 Å². The molecule has 0 spiro atoms. The molecule has 7 heteroatoms. The van der Waals surface area contributed by atoms with E-state index in [9.17, 15) is 8.42 Å². The minimum Gasteiger partial charge on any atom is -0.497 e. The molecular weight excluding hydrogens is 312 g/mol. The number of hydrogen-bond donors (Lipinski definition) is 2. The van der Waals surface area contributed by atoms with Gasteiger partial charge in [0.2, 0.25) is 0 Å². The maximum absolute atomic E-state index is 12.3. The van der Waals surface area contributed by atoms with Crippen LogP contribution in [0.5, 0.6) is 5.75 Å². The van der Waals surface area contributed by atoms with Gasteiger partial charge in [0.1, 0.15) is 5.75 Å². The summed E-state index contributed by atoms with van der Waals surface area (Å²) < 4.78 is 32.1. The Morgan fingerprint density at radius 3 is 2.43 bits per heavy atom. The van der Waals surface area contributed by atoms with E-state index in [2.05, 4.69) is 4.72 Å². The summed E-state index contributed by atoms with van der Waals surface area (Å²) in [5.41, 5.74) is 6.61. The molecule has 5 nitrogen and oxygen atoms in total. The first-order chi connectivity index (χ1) is 9.96. The van der Waals surface area contributed by atoms with Gasteiger partial charge in [0.05, 0.1) is 22.7 Å². The highest BCUT2D eigenvalue weighted by molar-refractivity contribution is 7.92. The van der Waals surface area contributed by atoms with Gasteiger partial charge in [0.15, 0.2) is 0 Å². The molecule has 0 heterocycles. The average molecular weight is 327 g/mol. The molecule has 3 N–H and O–H groups in total. The van der Waals surface area contributed by atoms with Crippen molar-refractivity contribution in [2.45, 2.75) is 11.4 Å². The van der Waals surface area contributed by atoms with Crippen LogP contribution >= 0.6 is 11.6 Å². The van der Waals surface area contributed by atoms with Gasteiger partial charge >= 0.3 is 0 Å². The van der Waals surface area contributed by atoms with Crippen LogP contribution < -0.4 is 15.2 Å². The van der Waals surface area contributed by atoms with Crippen LogP contribution in [-0.2, 0) is 16.6 Å². The molecule has 0 radical (unpaired) electrons. The van der Waals surface area contributed by atoms with Crippen molar-refractivity contribution in [2.24, 2.45) is 5.73 Å². The SMILES string of the molecule is COc1ccc(Cl)c(NS(=O)(=O)c2ccc(CN)cc2)c1. The van der Waals surface area contributed by atoms with Gasteiger partial charge in [-0.25, -0.2) is 8.42 Å². The van der Waals surface area contributed by atoms with Crippen LogP contribution in [0.4, 0.5) is 5.69 Å². The normalized spacial score (nSPS) is 11.2. The monoisotopic (exact) mass is 326 g/mol. The molecule has 0 aliphatic heterocycles. The molecule has 112 valence electrons. The number of methoxy groups -OCH3 is 1. The first-order valence-electron chi connectivity index (χ1n) is 6.11. The van der Waals surface area contributed by atoms with Gasteiger partial charge in [-0.15, -0.1) is 0 Å². The third kappa shape index (κ3) is 3.66. The van der Waals surface area contributed by atoms with Crippen LogP contribution in [0.15, 0.2) is 47.4 Å². The third-order valence-corrected chi connectivity index (χ3v) is 4.60. The van der Waals surface area contributed by atoms with Gasteiger partial charge in [0, 0.05) is 12.6 Å². The first kappa shape index (κ1) is 15.6. The topological polar surface area (TPSA) is 81.4 Å². The molecular formula is C14H15ClN2O3S. The molecule has 0 fully saturated rings. The van der Waals surface area contributed by atoms with E-state index in [1.165, 1.54) is 25.3 Å². The molecule has 0 bridgehead atoms. The summed E-state index contributed by atoms with van der Waals surface area (Å²) in [7, 11) is -2.22. The van der Waals surface area contributed by atoms with Crippen LogP contribution in [0.2, 0.25) is 5.02 Å². The number of sulfonamides is 1. The molecule has 0 saturated carbocycles.